The maximum atomic E-state index is 12.5. The van der Waals surface area contributed by atoms with Gasteiger partial charge >= 0.3 is 0 Å². The number of piperidine rings is 1. The number of hydrogen-bond acceptors (Lipinski definition) is 3. The minimum atomic E-state index is 0. The van der Waals surface area contributed by atoms with E-state index in [1.807, 2.05) is 0 Å². The smallest absolute Gasteiger partial charge is 0.236 e. The molecule has 0 saturated carbocycles. The second-order valence-corrected chi connectivity index (χ2v) is 7.58. The Morgan fingerprint density at radius 2 is 1.56 bits per heavy atom. The van der Waals surface area contributed by atoms with Crippen LogP contribution in [0.3, 0.4) is 0 Å². The molecule has 6 nitrogen and oxygen atoms in total. The van der Waals surface area contributed by atoms with Crippen molar-refractivity contribution in [1.29, 1.82) is 0 Å². The third-order valence-corrected chi connectivity index (χ3v) is 5.73. The number of rotatable bonds is 7. The van der Waals surface area contributed by atoms with Crippen LogP contribution in [0.5, 0.6) is 0 Å². The van der Waals surface area contributed by atoms with E-state index < -0.39 is 0 Å². The van der Waals surface area contributed by atoms with Gasteiger partial charge in [0, 0.05) is 52.4 Å². The highest BCUT2D eigenvalue weighted by Crippen LogP contribution is 2.11. The van der Waals surface area contributed by atoms with Gasteiger partial charge in [-0.1, -0.05) is 26.7 Å². The summed E-state index contributed by atoms with van der Waals surface area (Å²) in [4.78, 5) is 24.0. The maximum absolute atomic E-state index is 12.5. The van der Waals surface area contributed by atoms with E-state index in [9.17, 15) is 4.79 Å². The first kappa shape index (κ1) is 24.5. The van der Waals surface area contributed by atoms with E-state index in [0.717, 1.165) is 58.3 Å². The van der Waals surface area contributed by atoms with Crippen molar-refractivity contribution in [3.8, 4) is 0 Å². The fourth-order valence-electron chi connectivity index (χ4n) is 3.74. The lowest BCUT2D eigenvalue weighted by Gasteiger charge is -2.37. The Hall–Kier alpha value is -0.570. The first-order valence-corrected chi connectivity index (χ1v) is 10.7. The Balaban J connectivity index is 0.00000364. The average molecular weight is 493 g/mol. The standard InChI is InChI=1S/C20H39N5O.HI/c1-4-18(5-2)16-22-20(21-6-3)25-14-12-23(13-15-25)17-19(26)24-10-8-7-9-11-24;/h18H,4-17H2,1-3H3,(H,21,22);1H. The minimum Gasteiger partial charge on any atom is -0.357 e. The van der Waals surface area contributed by atoms with Crippen LogP contribution in [0.15, 0.2) is 4.99 Å². The topological polar surface area (TPSA) is 51.2 Å². The van der Waals surface area contributed by atoms with Crippen LogP contribution in [0.25, 0.3) is 0 Å². The molecular formula is C20H40IN5O. The van der Waals surface area contributed by atoms with Crippen LogP contribution in [-0.2, 0) is 4.79 Å². The summed E-state index contributed by atoms with van der Waals surface area (Å²) in [6.07, 6.45) is 5.97. The molecule has 0 radical (unpaired) electrons. The van der Waals surface area contributed by atoms with Crippen molar-refractivity contribution in [3.63, 3.8) is 0 Å². The highest BCUT2D eigenvalue weighted by molar-refractivity contribution is 14.0. The first-order chi connectivity index (χ1) is 12.7. The number of nitrogens with one attached hydrogen (secondary N) is 1. The molecule has 2 rings (SSSR count). The molecule has 0 aromatic carbocycles. The zero-order valence-corrected chi connectivity index (χ0v) is 19.9. The molecule has 158 valence electrons. The quantitative estimate of drug-likeness (QED) is 0.337. The number of nitrogens with zero attached hydrogens (tertiary/aromatic N) is 4. The number of carbonyl (C=O) groups is 1. The summed E-state index contributed by atoms with van der Waals surface area (Å²) in [6.45, 7) is 14.7. The van der Waals surface area contributed by atoms with Crippen molar-refractivity contribution in [3.05, 3.63) is 0 Å². The second kappa shape index (κ2) is 13.6. The van der Waals surface area contributed by atoms with E-state index in [-0.39, 0.29) is 24.0 Å². The zero-order chi connectivity index (χ0) is 18.8. The van der Waals surface area contributed by atoms with Gasteiger partial charge in [-0.15, -0.1) is 24.0 Å². The second-order valence-electron chi connectivity index (χ2n) is 7.58. The monoisotopic (exact) mass is 493 g/mol. The average Bonchev–Trinajstić information content (AvgIpc) is 2.69. The molecule has 0 aromatic rings. The molecule has 2 saturated heterocycles. The van der Waals surface area contributed by atoms with Crippen LogP contribution in [0.2, 0.25) is 0 Å². The molecular weight excluding hydrogens is 453 g/mol. The van der Waals surface area contributed by atoms with Gasteiger partial charge in [0.25, 0.3) is 0 Å². The van der Waals surface area contributed by atoms with E-state index in [1.165, 1.54) is 32.1 Å². The van der Waals surface area contributed by atoms with Crippen LogP contribution < -0.4 is 5.32 Å². The van der Waals surface area contributed by atoms with Gasteiger partial charge in [-0.25, -0.2) is 0 Å². The summed E-state index contributed by atoms with van der Waals surface area (Å²) in [6, 6.07) is 0. The molecule has 0 unspecified atom stereocenters. The molecule has 0 aliphatic carbocycles. The van der Waals surface area contributed by atoms with Gasteiger partial charge in [0.05, 0.1) is 6.54 Å². The Morgan fingerprint density at radius 1 is 0.926 bits per heavy atom. The molecule has 7 heteroatoms. The van der Waals surface area contributed by atoms with Crippen LogP contribution in [0, 0.1) is 5.92 Å². The van der Waals surface area contributed by atoms with Crippen molar-refractivity contribution in [1.82, 2.24) is 20.0 Å². The van der Waals surface area contributed by atoms with Gasteiger partial charge in [-0.05, 0) is 32.1 Å². The van der Waals surface area contributed by atoms with Crippen LogP contribution in [0.4, 0.5) is 0 Å². The predicted octanol–water partition coefficient (Wildman–Crippen LogP) is 2.64. The van der Waals surface area contributed by atoms with Crippen molar-refractivity contribution in [2.24, 2.45) is 10.9 Å². The van der Waals surface area contributed by atoms with Crippen molar-refractivity contribution >= 4 is 35.8 Å². The van der Waals surface area contributed by atoms with Crippen LogP contribution in [-0.4, -0.2) is 85.5 Å². The van der Waals surface area contributed by atoms with Gasteiger partial charge in [0.2, 0.25) is 5.91 Å². The molecule has 0 atom stereocenters. The molecule has 0 bridgehead atoms. The van der Waals surface area contributed by atoms with Gasteiger partial charge in [0.1, 0.15) is 0 Å². The van der Waals surface area contributed by atoms with Gasteiger partial charge in [-0.2, -0.15) is 0 Å². The summed E-state index contributed by atoms with van der Waals surface area (Å²) >= 11 is 0. The molecule has 0 aromatic heterocycles. The van der Waals surface area contributed by atoms with Gasteiger partial charge in [-0.3, -0.25) is 14.7 Å². The largest absolute Gasteiger partial charge is 0.357 e. The number of halogens is 1. The SMILES string of the molecule is CCNC(=NCC(CC)CC)N1CCN(CC(=O)N2CCCCC2)CC1.I. The molecule has 1 amide bonds. The fraction of sp³-hybridized carbons (Fsp3) is 0.900. The van der Waals surface area contributed by atoms with E-state index in [0.29, 0.717) is 18.4 Å². The van der Waals surface area contributed by atoms with Crippen LogP contribution in [0.1, 0.15) is 52.9 Å². The molecule has 27 heavy (non-hydrogen) atoms. The molecule has 2 aliphatic rings. The Kier molecular flexibility index (Phi) is 12.3. The van der Waals surface area contributed by atoms with E-state index in [2.05, 4.69) is 40.8 Å². The van der Waals surface area contributed by atoms with Gasteiger partial charge in [0.15, 0.2) is 5.96 Å². The maximum Gasteiger partial charge on any atom is 0.236 e. The van der Waals surface area contributed by atoms with Crippen LogP contribution >= 0.6 is 24.0 Å². The lowest BCUT2D eigenvalue weighted by Crippen LogP contribution is -2.54. The lowest BCUT2D eigenvalue weighted by atomic mass is 10.0. The lowest BCUT2D eigenvalue weighted by molar-refractivity contribution is -0.133. The minimum absolute atomic E-state index is 0. The Bertz CT molecular complexity index is 442. The summed E-state index contributed by atoms with van der Waals surface area (Å²) in [5, 5.41) is 3.45. The summed E-state index contributed by atoms with van der Waals surface area (Å²) in [5.41, 5.74) is 0. The first-order valence-electron chi connectivity index (χ1n) is 10.7. The molecule has 0 spiro atoms. The predicted molar refractivity (Wildman–Crippen MR) is 124 cm³/mol. The Labute approximate surface area is 183 Å². The molecule has 2 heterocycles. The third kappa shape index (κ3) is 8.13. The van der Waals surface area contributed by atoms with Crippen molar-refractivity contribution in [2.75, 3.05) is 58.9 Å². The highest BCUT2D eigenvalue weighted by atomic mass is 127. The Morgan fingerprint density at radius 3 is 2.11 bits per heavy atom. The number of carbonyl (C=O) groups excluding carboxylic acids is 1. The number of likely N-dealkylation sites (tertiary alicyclic amines) is 1. The van der Waals surface area contributed by atoms with E-state index in [4.69, 9.17) is 4.99 Å². The molecule has 2 aliphatic heterocycles. The highest BCUT2D eigenvalue weighted by Gasteiger charge is 2.24. The van der Waals surface area contributed by atoms with Crippen molar-refractivity contribution < 1.29 is 4.79 Å². The number of amides is 1. The third-order valence-electron chi connectivity index (χ3n) is 5.73. The molecule has 1 N–H and O–H groups in total. The van der Waals surface area contributed by atoms with E-state index >= 15 is 0 Å². The fourth-order valence-corrected chi connectivity index (χ4v) is 3.74. The summed E-state index contributed by atoms with van der Waals surface area (Å²) < 4.78 is 0. The summed E-state index contributed by atoms with van der Waals surface area (Å²) in [5.74, 6) is 2.03. The van der Waals surface area contributed by atoms with Gasteiger partial charge < -0.3 is 15.1 Å². The van der Waals surface area contributed by atoms with Crippen molar-refractivity contribution in [2.45, 2.75) is 52.9 Å². The number of aliphatic imine (C=N–C) groups is 1. The number of piperazine rings is 1. The number of hydrogen-bond donors (Lipinski definition) is 1. The summed E-state index contributed by atoms with van der Waals surface area (Å²) in [7, 11) is 0. The zero-order valence-electron chi connectivity index (χ0n) is 17.6. The van der Waals surface area contributed by atoms with E-state index in [1.54, 1.807) is 0 Å². The normalized spacial score (nSPS) is 19.2. The number of guanidine groups is 1. The molecule has 2 fully saturated rings.